The van der Waals surface area contributed by atoms with Crippen LogP contribution >= 0.6 is 11.3 Å². The van der Waals surface area contributed by atoms with Gasteiger partial charge in [-0.3, -0.25) is 0 Å². The summed E-state index contributed by atoms with van der Waals surface area (Å²) in [5.41, 5.74) is 2.37. The van der Waals surface area contributed by atoms with E-state index in [0.29, 0.717) is 5.69 Å². The second-order valence-corrected chi connectivity index (χ2v) is 4.82. The smallest absolute Gasteiger partial charge is 0.188 e. The Hall–Kier alpha value is -2.25. The van der Waals surface area contributed by atoms with E-state index in [-0.39, 0.29) is 5.82 Å². The molecule has 4 heteroatoms. The topological polar surface area (TPSA) is 17.2 Å². The summed E-state index contributed by atoms with van der Waals surface area (Å²) < 4.78 is 13.8. The summed E-state index contributed by atoms with van der Waals surface area (Å²) in [6, 6.07) is 11.7. The number of fused-ring (bicyclic) bond motifs is 1. The summed E-state index contributed by atoms with van der Waals surface area (Å²) in [7, 11) is 0. The maximum Gasteiger partial charge on any atom is 0.188 e. The first kappa shape index (κ1) is 10.9. The molecule has 18 heavy (non-hydrogen) atoms. The maximum atomic E-state index is 12.9. The van der Waals surface area contributed by atoms with Crippen LogP contribution in [-0.4, -0.2) is 4.98 Å². The van der Waals surface area contributed by atoms with Crippen molar-refractivity contribution in [1.29, 1.82) is 0 Å². The molecule has 0 aliphatic carbocycles. The Labute approximate surface area is 107 Å². The zero-order valence-corrected chi connectivity index (χ0v) is 10.0. The van der Waals surface area contributed by atoms with Gasteiger partial charge in [0.2, 0.25) is 0 Å². The van der Waals surface area contributed by atoms with Crippen LogP contribution in [0.1, 0.15) is 0 Å². The standard InChI is InChI=1S/C14H7FN2S/c1-16-11-6-7-12-13(8-11)18-14(17-12)9-2-4-10(15)5-3-9/h2-8H. The van der Waals surface area contributed by atoms with Gasteiger partial charge < -0.3 is 0 Å². The Morgan fingerprint density at radius 1 is 1.11 bits per heavy atom. The minimum atomic E-state index is -0.254. The Bertz CT molecular complexity index is 754. The first-order chi connectivity index (χ1) is 8.76. The third-order valence-corrected chi connectivity index (χ3v) is 3.66. The van der Waals surface area contributed by atoms with Crippen LogP contribution in [0.25, 0.3) is 25.6 Å². The number of hydrogen-bond acceptors (Lipinski definition) is 2. The fourth-order valence-electron chi connectivity index (χ4n) is 1.70. The van der Waals surface area contributed by atoms with Gasteiger partial charge in [-0.25, -0.2) is 14.2 Å². The summed E-state index contributed by atoms with van der Waals surface area (Å²) in [5.74, 6) is -0.254. The van der Waals surface area contributed by atoms with Gasteiger partial charge in [-0.1, -0.05) is 6.07 Å². The van der Waals surface area contributed by atoms with Crippen LogP contribution in [0.3, 0.4) is 0 Å². The molecule has 0 saturated carbocycles. The van der Waals surface area contributed by atoms with Crippen molar-refractivity contribution >= 4 is 27.2 Å². The highest BCUT2D eigenvalue weighted by molar-refractivity contribution is 7.21. The highest BCUT2D eigenvalue weighted by atomic mass is 32.1. The molecule has 2 nitrogen and oxygen atoms in total. The Balaban J connectivity index is 2.13. The second kappa shape index (κ2) is 4.21. The maximum absolute atomic E-state index is 12.9. The average Bonchev–Trinajstić information content (AvgIpc) is 2.82. The fraction of sp³-hybridized carbons (Fsp3) is 0. The van der Waals surface area contributed by atoms with E-state index in [1.165, 1.54) is 23.5 Å². The van der Waals surface area contributed by atoms with Crippen LogP contribution in [0.4, 0.5) is 10.1 Å². The van der Waals surface area contributed by atoms with E-state index in [1.807, 2.05) is 12.1 Å². The van der Waals surface area contributed by atoms with Gasteiger partial charge in [0.15, 0.2) is 5.69 Å². The van der Waals surface area contributed by atoms with E-state index in [0.717, 1.165) is 20.8 Å². The molecule has 86 valence electrons. The molecule has 1 aromatic heterocycles. The SMILES string of the molecule is [C-]#[N+]c1ccc2nc(-c3ccc(F)cc3)sc2c1. The van der Waals surface area contributed by atoms with Crippen LogP contribution in [-0.2, 0) is 0 Å². The quantitative estimate of drug-likeness (QED) is 0.577. The van der Waals surface area contributed by atoms with Crippen LogP contribution in [0.5, 0.6) is 0 Å². The predicted molar refractivity (Wildman–Crippen MR) is 71.3 cm³/mol. The molecular formula is C14H7FN2S. The Morgan fingerprint density at radius 3 is 2.61 bits per heavy atom. The van der Waals surface area contributed by atoms with Crippen molar-refractivity contribution in [3.63, 3.8) is 0 Å². The monoisotopic (exact) mass is 254 g/mol. The number of benzene rings is 2. The van der Waals surface area contributed by atoms with Crippen molar-refractivity contribution < 1.29 is 4.39 Å². The molecule has 0 aliphatic rings. The third kappa shape index (κ3) is 1.85. The van der Waals surface area contributed by atoms with E-state index in [4.69, 9.17) is 6.57 Å². The number of aromatic nitrogens is 1. The molecule has 0 amide bonds. The first-order valence-electron chi connectivity index (χ1n) is 5.30. The summed E-state index contributed by atoms with van der Waals surface area (Å²) >= 11 is 1.51. The number of hydrogen-bond donors (Lipinski definition) is 0. The summed E-state index contributed by atoms with van der Waals surface area (Å²) in [5, 5.41) is 0.840. The third-order valence-electron chi connectivity index (χ3n) is 2.59. The number of rotatable bonds is 1. The Morgan fingerprint density at radius 2 is 1.89 bits per heavy atom. The van der Waals surface area contributed by atoms with E-state index >= 15 is 0 Å². The molecule has 0 radical (unpaired) electrons. The molecular weight excluding hydrogens is 247 g/mol. The molecule has 0 spiro atoms. The van der Waals surface area contributed by atoms with Gasteiger partial charge in [0.05, 0.1) is 12.1 Å². The van der Waals surface area contributed by atoms with Gasteiger partial charge in [0.25, 0.3) is 0 Å². The highest BCUT2D eigenvalue weighted by Gasteiger charge is 2.06. The number of nitrogens with zero attached hydrogens (tertiary/aromatic N) is 2. The zero-order valence-electron chi connectivity index (χ0n) is 9.22. The zero-order chi connectivity index (χ0) is 12.5. The molecule has 0 unspecified atom stereocenters. The second-order valence-electron chi connectivity index (χ2n) is 3.79. The molecule has 3 rings (SSSR count). The van der Waals surface area contributed by atoms with Gasteiger partial charge in [-0.05, 0) is 36.4 Å². The summed E-state index contributed by atoms with van der Waals surface area (Å²) in [6.07, 6.45) is 0. The minimum Gasteiger partial charge on any atom is -0.238 e. The van der Waals surface area contributed by atoms with Crippen LogP contribution in [0, 0.1) is 12.4 Å². The van der Waals surface area contributed by atoms with Gasteiger partial charge in [-0.2, -0.15) is 0 Å². The van der Waals surface area contributed by atoms with Crippen LogP contribution < -0.4 is 0 Å². The van der Waals surface area contributed by atoms with Crippen molar-refractivity contribution in [3.8, 4) is 10.6 Å². The molecule has 2 aromatic carbocycles. The van der Waals surface area contributed by atoms with Gasteiger partial charge in [-0.15, -0.1) is 11.3 Å². The molecule has 0 N–H and O–H groups in total. The lowest BCUT2D eigenvalue weighted by molar-refractivity contribution is 0.628. The number of thiazole rings is 1. The van der Waals surface area contributed by atoms with E-state index in [2.05, 4.69) is 9.83 Å². The lowest BCUT2D eigenvalue weighted by Crippen LogP contribution is -1.76. The normalized spacial score (nSPS) is 10.4. The molecule has 1 heterocycles. The van der Waals surface area contributed by atoms with E-state index < -0.39 is 0 Å². The van der Waals surface area contributed by atoms with Crippen molar-refractivity contribution in [2.24, 2.45) is 0 Å². The molecule has 0 bridgehead atoms. The molecule has 3 aromatic rings. The first-order valence-corrected chi connectivity index (χ1v) is 6.12. The van der Waals surface area contributed by atoms with E-state index in [1.54, 1.807) is 18.2 Å². The molecule has 0 aliphatic heterocycles. The van der Waals surface area contributed by atoms with Crippen molar-refractivity contribution in [2.45, 2.75) is 0 Å². The summed E-state index contributed by atoms with van der Waals surface area (Å²) in [6.45, 7) is 6.98. The lowest BCUT2D eigenvalue weighted by Gasteiger charge is -1.94. The Kier molecular flexibility index (Phi) is 2.54. The summed E-state index contributed by atoms with van der Waals surface area (Å²) in [4.78, 5) is 7.87. The van der Waals surface area contributed by atoms with Gasteiger partial charge in [0, 0.05) is 10.3 Å². The number of halogens is 1. The molecule has 0 fully saturated rings. The van der Waals surface area contributed by atoms with Gasteiger partial charge >= 0.3 is 0 Å². The lowest BCUT2D eigenvalue weighted by atomic mass is 10.2. The van der Waals surface area contributed by atoms with Gasteiger partial charge in [0.1, 0.15) is 10.8 Å². The minimum absolute atomic E-state index is 0.254. The van der Waals surface area contributed by atoms with Crippen molar-refractivity contribution in [1.82, 2.24) is 4.98 Å². The largest absolute Gasteiger partial charge is 0.238 e. The molecule has 0 atom stereocenters. The van der Waals surface area contributed by atoms with Crippen molar-refractivity contribution in [2.75, 3.05) is 0 Å². The predicted octanol–water partition coefficient (Wildman–Crippen LogP) is 4.65. The van der Waals surface area contributed by atoms with Crippen molar-refractivity contribution in [3.05, 3.63) is 59.7 Å². The van der Waals surface area contributed by atoms with Crippen LogP contribution in [0.2, 0.25) is 0 Å². The highest BCUT2D eigenvalue weighted by Crippen LogP contribution is 2.32. The van der Waals surface area contributed by atoms with E-state index in [9.17, 15) is 4.39 Å². The van der Waals surface area contributed by atoms with Crippen LogP contribution in [0.15, 0.2) is 42.5 Å². The fourth-order valence-corrected chi connectivity index (χ4v) is 2.70. The average molecular weight is 254 g/mol. The molecule has 0 saturated heterocycles.